The summed E-state index contributed by atoms with van der Waals surface area (Å²) in [7, 11) is -3.40. The van der Waals surface area contributed by atoms with E-state index < -0.39 is 20.7 Å². The lowest BCUT2D eigenvalue weighted by Crippen LogP contribution is -2.12. The van der Waals surface area contributed by atoms with Crippen LogP contribution in [0.15, 0.2) is 51.8 Å². The number of nitro groups is 1. The van der Waals surface area contributed by atoms with E-state index in [1.165, 1.54) is 36.4 Å². The van der Waals surface area contributed by atoms with E-state index in [0.717, 1.165) is 12.3 Å². The van der Waals surface area contributed by atoms with E-state index in [1.54, 1.807) is 0 Å². The van der Waals surface area contributed by atoms with Gasteiger partial charge in [-0.1, -0.05) is 6.07 Å². The molecule has 1 amide bonds. The molecule has 120 valence electrons. The molecule has 7 nitrogen and oxygen atoms in total. The molecule has 2 rings (SSSR count). The van der Waals surface area contributed by atoms with Gasteiger partial charge in [-0.15, -0.1) is 0 Å². The van der Waals surface area contributed by atoms with Crippen LogP contribution in [0.25, 0.3) is 0 Å². The molecule has 0 unspecified atom stereocenters. The van der Waals surface area contributed by atoms with Crippen molar-refractivity contribution in [1.29, 1.82) is 0 Å². The lowest BCUT2D eigenvalue weighted by atomic mass is 10.2. The molecule has 0 aliphatic rings. The summed E-state index contributed by atoms with van der Waals surface area (Å²) in [5, 5.41) is 13.4. The topological polar surface area (TPSA) is 106 Å². The van der Waals surface area contributed by atoms with E-state index in [9.17, 15) is 23.3 Å². The van der Waals surface area contributed by atoms with Crippen molar-refractivity contribution in [2.24, 2.45) is 0 Å². The highest BCUT2D eigenvalue weighted by Gasteiger charge is 2.16. The lowest BCUT2D eigenvalue weighted by molar-refractivity contribution is -0.385. The van der Waals surface area contributed by atoms with Crippen LogP contribution in [-0.4, -0.2) is 25.5 Å². The van der Waals surface area contributed by atoms with E-state index in [0.29, 0.717) is 0 Å². The molecule has 0 saturated heterocycles. The molecule has 9 heteroatoms. The van der Waals surface area contributed by atoms with Crippen molar-refractivity contribution in [3.05, 3.63) is 62.6 Å². The lowest BCUT2D eigenvalue weighted by Gasteiger charge is -2.07. The average Bonchev–Trinajstić information content (AvgIpc) is 2.46. The molecule has 0 saturated carbocycles. The van der Waals surface area contributed by atoms with Crippen LogP contribution in [0.5, 0.6) is 0 Å². The van der Waals surface area contributed by atoms with Gasteiger partial charge >= 0.3 is 0 Å². The Hall–Kier alpha value is -2.26. The highest BCUT2D eigenvalue weighted by Crippen LogP contribution is 2.26. The van der Waals surface area contributed by atoms with Gasteiger partial charge in [-0.25, -0.2) is 8.42 Å². The maximum Gasteiger partial charge on any atom is 0.284 e. The van der Waals surface area contributed by atoms with Crippen molar-refractivity contribution in [3.8, 4) is 0 Å². The van der Waals surface area contributed by atoms with E-state index in [4.69, 9.17) is 0 Å². The van der Waals surface area contributed by atoms with Crippen molar-refractivity contribution in [2.45, 2.75) is 4.90 Å². The fraction of sp³-hybridized carbons (Fsp3) is 0.0714. The van der Waals surface area contributed by atoms with Gasteiger partial charge in [-0.2, -0.15) is 0 Å². The Balaban J connectivity index is 2.30. The molecular weight excluding hydrogens is 388 g/mol. The quantitative estimate of drug-likeness (QED) is 0.628. The molecular formula is C14H11BrN2O5S. The highest BCUT2D eigenvalue weighted by molar-refractivity contribution is 9.10. The minimum atomic E-state index is -3.40. The third-order valence-electron chi connectivity index (χ3n) is 2.93. The van der Waals surface area contributed by atoms with E-state index in [1.807, 2.05) is 0 Å². The summed E-state index contributed by atoms with van der Waals surface area (Å²) >= 11 is 3.04. The molecule has 0 heterocycles. The molecule has 1 N–H and O–H groups in total. The van der Waals surface area contributed by atoms with Crippen molar-refractivity contribution < 1.29 is 18.1 Å². The van der Waals surface area contributed by atoms with E-state index >= 15 is 0 Å². The summed E-state index contributed by atoms with van der Waals surface area (Å²) in [5.41, 5.74) is 0.135. The van der Waals surface area contributed by atoms with Crippen molar-refractivity contribution in [2.75, 3.05) is 11.6 Å². The van der Waals surface area contributed by atoms with Crippen molar-refractivity contribution in [3.63, 3.8) is 0 Å². The first-order valence-electron chi connectivity index (χ1n) is 6.24. The first-order valence-corrected chi connectivity index (χ1v) is 8.92. The molecule has 0 fully saturated rings. The third-order valence-corrected chi connectivity index (χ3v) is 4.71. The Morgan fingerprint density at radius 2 is 1.91 bits per heavy atom. The maximum atomic E-state index is 12.2. The number of amides is 1. The molecule has 0 spiro atoms. The molecule has 0 aromatic heterocycles. The first-order chi connectivity index (χ1) is 10.7. The number of sulfone groups is 1. The van der Waals surface area contributed by atoms with Gasteiger partial charge in [-0.3, -0.25) is 14.9 Å². The van der Waals surface area contributed by atoms with Crippen LogP contribution in [0.2, 0.25) is 0 Å². The molecule has 0 aliphatic carbocycles. The van der Waals surface area contributed by atoms with Crippen LogP contribution >= 0.6 is 15.9 Å². The number of rotatable bonds is 4. The van der Waals surface area contributed by atoms with Crippen LogP contribution < -0.4 is 5.32 Å². The fourth-order valence-electron chi connectivity index (χ4n) is 1.80. The fourth-order valence-corrected chi connectivity index (χ4v) is 2.86. The number of hydrogen-bond donors (Lipinski definition) is 1. The first kappa shape index (κ1) is 17.1. The van der Waals surface area contributed by atoms with Gasteiger partial charge in [0.25, 0.3) is 11.6 Å². The zero-order chi connectivity index (χ0) is 17.2. The number of hydrogen-bond acceptors (Lipinski definition) is 5. The van der Waals surface area contributed by atoms with Gasteiger partial charge in [0.2, 0.25) is 0 Å². The third kappa shape index (κ3) is 4.14. The predicted molar refractivity (Wildman–Crippen MR) is 88.3 cm³/mol. The summed E-state index contributed by atoms with van der Waals surface area (Å²) in [4.78, 5) is 22.5. The zero-order valence-electron chi connectivity index (χ0n) is 11.8. The normalized spacial score (nSPS) is 11.0. The molecule has 2 aromatic carbocycles. The molecule has 0 bridgehead atoms. The van der Waals surface area contributed by atoms with Crippen molar-refractivity contribution >= 4 is 43.0 Å². The average molecular weight is 399 g/mol. The number of anilines is 1. The van der Waals surface area contributed by atoms with Crippen molar-refractivity contribution in [1.82, 2.24) is 0 Å². The summed E-state index contributed by atoms with van der Waals surface area (Å²) in [6, 6.07) is 9.72. The smallest absolute Gasteiger partial charge is 0.284 e. The van der Waals surface area contributed by atoms with Gasteiger partial charge in [0.05, 0.1) is 14.3 Å². The minimum absolute atomic E-state index is 0.0667. The largest absolute Gasteiger partial charge is 0.322 e. The Bertz CT molecular complexity index is 896. The van der Waals surface area contributed by atoms with Gasteiger partial charge in [-0.05, 0) is 46.3 Å². The predicted octanol–water partition coefficient (Wildman–Crippen LogP) is 3.01. The molecule has 0 radical (unpaired) electrons. The van der Waals surface area contributed by atoms with E-state index in [-0.39, 0.29) is 26.3 Å². The number of carbonyl (C=O) groups excluding carboxylic acids is 1. The second kappa shape index (κ2) is 6.47. The summed E-state index contributed by atoms with van der Waals surface area (Å²) in [5.74, 6) is -0.578. The summed E-state index contributed by atoms with van der Waals surface area (Å²) in [6.07, 6.45) is 1.06. The second-order valence-corrected chi connectivity index (χ2v) is 7.55. The van der Waals surface area contributed by atoms with Gasteiger partial charge in [0.1, 0.15) is 0 Å². The van der Waals surface area contributed by atoms with Gasteiger partial charge in [0, 0.05) is 23.6 Å². The Morgan fingerprint density at radius 3 is 2.52 bits per heavy atom. The Labute approximate surface area is 140 Å². The van der Waals surface area contributed by atoms with Crippen LogP contribution in [0.4, 0.5) is 11.4 Å². The Morgan fingerprint density at radius 1 is 1.22 bits per heavy atom. The standard InChI is InChI=1S/C14H11BrN2O5S/c1-23(21,22)11-4-2-3-10(8-11)16-14(18)9-5-6-12(15)13(7-9)17(19)20/h2-8H,1H3,(H,16,18). The highest BCUT2D eigenvalue weighted by atomic mass is 79.9. The number of carbonyl (C=O) groups is 1. The maximum absolute atomic E-state index is 12.2. The minimum Gasteiger partial charge on any atom is -0.322 e. The molecule has 0 aliphatic heterocycles. The zero-order valence-corrected chi connectivity index (χ0v) is 14.2. The number of halogens is 1. The number of nitro benzene ring substituents is 1. The molecule has 2 aromatic rings. The molecule has 23 heavy (non-hydrogen) atoms. The molecule has 0 atom stereocenters. The number of benzene rings is 2. The Kier molecular flexibility index (Phi) is 4.81. The summed E-state index contributed by atoms with van der Waals surface area (Å²) in [6.45, 7) is 0. The van der Waals surface area contributed by atoms with E-state index in [2.05, 4.69) is 21.2 Å². The van der Waals surface area contributed by atoms with Crippen LogP contribution in [0.1, 0.15) is 10.4 Å². The summed E-state index contributed by atoms with van der Waals surface area (Å²) < 4.78 is 23.3. The van der Waals surface area contributed by atoms with Crippen LogP contribution in [-0.2, 0) is 9.84 Å². The SMILES string of the molecule is CS(=O)(=O)c1cccc(NC(=O)c2ccc(Br)c([N+](=O)[O-])c2)c1. The second-order valence-electron chi connectivity index (χ2n) is 4.68. The van der Waals surface area contributed by atoms with Gasteiger partial charge < -0.3 is 5.32 Å². The number of nitrogens with zero attached hydrogens (tertiary/aromatic N) is 1. The van der Waals surface area contributed by atoms with Crippen LogP contribution in [0, 0.1) is 10.1 Å². The monoisotopic (exact) mass is 398 g/mol. The number of nitrogens with one attached hydrogen (secondary N) is 1. The van der Waals surface area contributed by atoms with Crippen LogP contribution in [0.3, 0.4) is 0 Å². The van der Waals surface area contributed by atoms with Gasteiger partial charge in [0.15, 0.2) is 9.84 Å².